The molecule has 1 unspecified atom stereocenters. The van der Waals surface area contributed by atoms with E-state index in [4.69, 9.17) is 4.74 Å². The topological polar surface area (TPSA) is 72.5 Å². The van der Waals surface area contributed by atoms with Gasteiger partial charge < -0.3 is 10.1 Å². The molecule has 0 spiro atoms. The molecule has 1 amide bonds. The van der Waals surface area contributed by atoms with Crippen LogP contribution in [0.25, 0.3) is 11.1 Å². The maximum absolute atomic E-state index is 12.4. The molecule has 0 bridgehead atoms. The lowest BCUT2D eigenvalue weighted by molar-refractivity contribution is -0.123. The first kappa shape index (κ1) is 20.0. The van der Waals surface area contributed by atoms with Gasteiger partial charge in [0.05, 0.1) is 5.56 Å². The lowest BCUT2D eigenvalue weighted by atomic mass is 10.0. The van der Waals surface area contributed by atoms with E-state index in [0.717, 1.165) is 11.1 Å². The van der Waals surface area contributed by atoms with Gasteiger partial charge in [0.15, 0.2) is 11.9 Å². The van der Waals surface area contributed by atoms with Crippen molar-refractivity contribution in [1.29, 1.82) is 0 Å². The molecule has 3 rings (SSSR count). The van der Waals surface area contributed by atoms with Crippen LogP contribution < -0.4 is 5.32 Å². The summed E-state index contributed by atoms with van der Waals surface area (Å²) in [5.41, 5.74) is 3.36. The van der Waals surface area contributed by atoms with Gasteiger partial charge in [-0.15, -0.1) is 0 Å². The minimum Gasteiger partial charge on any atom is -0.449 e. The minimum atomic E-state index is -0.989. The van der Waals surface area contributed by atoms with Crippen molar-refractivity contribution in [1.82, 2.24) is 0 Å². The highest BCUT2D eigenvalue weighted by molar-refractivity contribution is 5.99. The van der Waals surface area contributed by atoms with Crippen LogP contribution in [-0.4, -0.2) is 23.8 Å². The quantitative estimate of drug-likeness (QED) is 0.490. The summed E-state index contributed by atoms with van der Waals surface area (Å²) in [5.74, 6) is -1.15. The lowest BCUT2D eigenvalue weighted by Crippen LogP contribution is -2.30. The normalized spacial score (nSPS) is 11.4. The second-order valence-electron chi connectivity index (χ2n) is 6.62. The number of rotatable bonds is 6. The fraction of sp³-hybridized carbons (Fsp3) is 0.125. The summed E-state index contributed by atoms with van der Waals surface area (Å²) < 4.78 is 5.28. The van der Waals surface area contributed by atoms with Crippen LogP contribution in [0.2, 0.25) is 0 Å². The van der Waals surface area contributed by atoms with E-state index in [-0.39, 0.29) is 5.78 Å². The van der Waals surface area contributed by atoms with Crippen LogP contribution in [0.3, 0.4) is 0 Å². The number of nitrogens with one attached hydrogen (secondary N) is 1. The number of esters is 1. The molecule has 1 atom stereocenters. The molecule has 3 aromatic carbocycles. The highest BCUT2D eigenvalue weighted by Crippen LogP contribution is 2.20. The third-order valence-electron chi connectivity index (χ3n) is 4.42. The van der Waals surface area contributed by atoms with Crippen molar-refractivity contribution in [3.63, 3.8) is 0 Å². The smallest absolute Gasteiger partial charge is 0.338 e. The standard InChI is InChI=1S/C24H21NO4/c1-16(26)21-9-6-10-22(15-21)25-23(27)17(2)29-24(28)20-13-11-19(12-14-20)18-7-4-3-5-8-18/h3-15,17H,1-2H3,(H,25,27). The van der Waals surface area contributed by atoms with Gasteiger partial charge in [-0.2, -0.15) is 0 Å². The molecular weight excluding hydrogens is 366 g/mol. The number of hydrogen-bond donors (Lipinski definition) is 1. The Morgan fingerprint density at radius 1 is 0.793 bits per heavy atom. The van der Waals surface area contributed by atoms with Crippen molar-refractivity contribution in [3.05, 3.63) is 90.0 Å². The molecule has 1 N–H and O–H groups in total. The van der Waals surface area contributed by atoms with Crippen molar-refractivity contribution < 1.29 is 19.1 Å². The van der Waals surface area contributed by atoms with E-state index in [1.807, 2.05) is 42.5 Å². The van der Waals surface area contributed by atoms with E-state index in [0.29, 0.717) is 16.8 Å². The first-order valence-electron chi connectivity index (χ1n) is 9.22. The van der Waals surface area contributed by atoms with Gasteiger partial charge in [0.1, 0.15) is 0 Å². The number of anilines is 1. The Labute approximate surface area is 169 Å². The van der Waals surface area contributed by atoms with E-state index in [1.54, 1.807) is 36.4 Å². The molecule has 0 fully saturated rings. The molecule has 5 heteroatoms. The number of benzene rings is 3. The molecule has 0 aromatic heterocycles. The predicted octanol–water partition coefficient (Wildman–Crippen LogP) is 4.74. The second-order valence-corrected chi connectivity index (χ2v) is 6.62. The van der Waals surface area contributed by atoms with E-state index < -0.39 is 18.0 Å². The van der Waals surface area contributed by atoms with Crippen LogP contribution in [0.15, 0.2) is 78.9 Å². The van der Waals surface area contributed by atoms with E-state index in [1.165, 1.54) is 13.8 Å². The zero-order valence-electron chi connectivity index (χ0n) is 16.2. The van der Waals surface area contributed by atoms with Crippen molar-refractivity contribution in [2.24, 2.45) is 0 Å². The summed E-state index contributed by atoms with van der Waals surface area (Å²) in [5, 5.41) is 2.66. The highest BCUT2D eigenvalue weighted by Gasteiger charge is 2.19. The van der Waals surface area contributed by atoms with Gasteiger partial charge in [0, 0.05) is 11.3 Å². The van der Waals surface area contributed by atoms with E-state index in [9.17, 15) is 14.4 Å². The third-order valence-corrected chi connectivity index (χ3v) is 4.42. The average molecular weight is 387 g/mol. The number of carbonyl (C=O) groups is 3. The third kappa shape index (κ3) is 5.17. The van der Waals surface area contributed by atoms with Crippen molar-refractivity contribution in [2.75, 3.05) is 5.32 Å². The van der Waals surface area contributed by atoms with Crippen LogP contribution in [0, 0.1) is 0 Å². The van der Waals surface area contributed by atoms with Crippen LogP contribution in [0.5, 0.6) is 0 Å². The van der Waals surface area contributed by atoms with Crippen LogP contribution in [-0.2, 0) is 9.53 Å². The number of amides is 1. The van der Waals surface area contributed by atoms with Gasteiger partial charge >= 0.3 is 5.97 Å². The molecule has 0 radical (unpaired) electrons. The average Bonchev–Trinajstić information content (AvgIpc) is 2.74. The number of carbonyl (C=O) groups excluding carboxylic acids is 3. The van der Waals surface area contributed by atoms with Crippen molar-refractivity contribution >= 4 is 23.3 Å². The minimum absolute atomic E-state index is 0.0977. The summed E-state index contributed by atoms with van der Waals surface area (Å²) >= 11 is 0. The van der Waals surface area contributed by atoms with Gasteiger partial charge in [-0.05, 0) is 49.2 Å². The molecule has 0 saturated heterocycles. The maximum Gasteiger partial charge on any atom is 0.338 e. The Bertz CT molecular complexity index is 1030. The Balaban J connectivity index is 1.61. The molecule has 0 aliphatic carbocycles. The van der Waals surface area contributed by atoms with E-state index in [2.05, 4.69) is 5.32 Å². The Morgan fingerprint density at radius 2 is 1.45 bits per heavy atom. The summed E-state index contributed by atoms with van der Waals surface area (Å²) in [6.07, 6.45) is -0.989. The SMILES string of the molecule is CC(=O)c1cccc(NC(=O)C(C)OC(=O)c2ccc(-c3ccccc3)cc2)c1. The molecule has 146 valence electrons. The summed E-state index contributed by atoms with van der Waals surface area (Å²) in [6, 6.07) is 23.4. The molecule has 0 heterocycles. The number of hydrogen-bond acceptors (Lipinski definition) is 4. The van der Waals surface area contributed by atoms with Crippen LogP contribution in [0.4, 0.5) is 5.69 Å². The van der Waals surface area contributed by atoms with Crippen molar-refractivity contribution in [3.8, 4) is 11.1 Å². The van der Waals surface area contributed by atoms with Gasteiger partial charge in [-0.3, -0.25) is 9.59 Å². The Hall–Kier alpha value is -3.73. The molecule has 29 heavy (non-hydrogen) atoms. The highest BCUT2D eigenvalue weighted by atomic mass is 16.5. The predicted molar refractivity (Wildman–Crippen MR) is 112 cm³/mol. The molecule has 5 nitrogen and oxygen atoms in total. The molecule has 0 saturated carbocycles. The molecule has 0 aliphatic rings. The zero-order chi connectivity index (χ0) is 20.8. The molecule has 3 aromatic rings. The lowest BCUT2D eigenvalue weighted by Gasteiger charge is -2.14. The summed E-state index contributed by atoms with van der Waals surface area (Å²) in [4.78, 5) is 36.1. The largest absolute Gasteiger partial charge is 0.449 e. The van der Waals surface area contributed by atoms with Crippen LogP contribution >= 0.6 is 0 Å². The van der Waals surface area contributed by atoms with Gasteiger partial charge in [0.2, 0.25) is 0 Å². The van der Waals surface area contributed by atoms with Gasteiger partial charge in [-0.1, -0.05) is 54.6 Å². The maximum atomic E-state index is 12.4. The Morgan fingerprint density at radius 3 is 2.10 bits per heavy atom. The summed E-state index contributed by atoms with van der Waals surface area (Å²) in [6.45, 7) is 2.95. The second kappa shape index (κ2) is 8.97. The molecular formula is C24H21NO4. The number of ketones is 1. The van der Waals surface area contributed by atoms with Gasteiger partial charge in [-0.25, -0.2) is 4.79 Å². The summed E-state index contributed by atoms with van der Waals surface area (Å²) in [7, 11) is 0. The first-order chi connectivity index (χ1) is 13.9. The first-order valence-corrected chi connectivity index (χ1v) is 9.22. The number of ether oxygens (including phenoxy) is 1. The number of Topliss-reactive ketones (excluding diaryl/α,β-unsaturated/α-hetero) is 1. The molecule has 0 aliphatic heterocycles. The Kier molecular flexibility index (Phi) is 6.19. The fourth-order valence-electron chi connectivity index (χ4n) is 2.77. The van der Waals surface area contributed by atoms with Crippen LogP contribution in [0.1, 0.15) is 34.6 Å². The van der Waals surface area contributed by atoms with Gasteiger partial charge in [0.25, 0.3) is 5.91 Å². The monoisotopic (exact) mass is 387 g/mol. The zero-order valence-corrected chi connectivity index (χ0v) is 16.2. The fourth-order valence-corrected chi connectivity index (χ4v) is 2.77. The van der Waals surface area contributed by atoms with E-state index >= 15 is 0 Å². The van der Waals surface area contributed by atoms with Crippen molar-refractivity contribution in [2.45, 2.75) is 20.0 Å².